The Bertz CT molecular complexity index is 1730. The molecule has 0 bridgehead atoms. The van der Waals surface area contributed by atoms with Gasteiger partial charge in [0.1, 0.15) is 19.0 Å². The molecule has 0 aliphatic carbocycles. The molecule has 0 spiro atoms. The fourth-order valence-electron chi connectivity index (χ4n) is 5.11. The highest BCUT2D eigenvalue weighted by Crippen LogP contribution is 2.46. The first-order valence-electron chi connectivity index (χ1n) is 13.9. The smallest absolute Gasteiger partial charge is 0.301 e. The zero-order valence-corrected chi connectivity index (χ0v) is 24.3. The van der Waals surface area contributed by atoms with E-state index in [0.717, 1.165) is 16.7 Å². The quantitative estimate of drug-likeness (QED) is 0.148. The molecule has 1 atom stereocenters. The number of anilines is 1. The van der Waals surface area contributed by atoms with Gasteiger partial charge < -0.3 is 24.1 Å². The fourth-order valence-corrected chi connectivity index (χ4v) is 6.20. The minimum absolute atomic E-state index is 0.0585. The van der Waals surface area contributed by atoms with E-state index in [1.54, 1.807) is 36.4 Å². The van der Waals surface area contributed by atoms with Gasteiger partial charge in [0.05, 0.1) is 35.0 Å². The minimum atomic E-state index is -0.973. The number of ketones is 1. The van der Waals surface area contributed by atoms with E-state index in [-0.39, 0.29) is 11.3 Å². The van der Waals surface area contributed by atoms with Crippen molar-refractivity contribution < 1.29 is 33.6 Å². The number of thiazole rings is 1. The number of ether oxygens (including phenoxy) is 4. The van der Waals surface area contributed by atoms with Crippen LogP contribution in [0.3, 0.4) is 0 Å². The predicted octanol–water partition coefficient (Wildman–Crippen LogP) is 6.19. The van der Waals surface area contributed by atoms with Crippen molar-refractivity contribution in [3.05, 3.63) is 76.9 Å². The third-order valence-electron chi connectivity index (χ3n) is 7.04. The van der Waals surface area contributed by atoms with Gasteiger partial charge in [0, 0.05) is 5.56 Å². The first-order valence-corrected chi connectivity index (χ1v) is 14.7. The molecule has 3 heterocycles. The van der Waals surface area contributed by atoms with Crippen molar-refractivity contribution in [1.29, 1.82) is 0 Å². The van der Waals surface area contributed by atoms with Gasteiger partial charge in [-0.1, -0.05) is 30.4 Å². The number of carbonyl (C=O) groups is 2. The lowest BCUT2D eigenvalue weighted by atomic mass is 9.95. The molecular formula is C32H30N2O7S. The van der Waals surface area contributed by atoms with Crippen LogP contribution in [0.2, 0.25) is 0 Å². The number of aromatic nitrogens is 1. The third kappa shape index (κ3) is 4.92. The number of rotatable bonds is 8. The van der Waals surface area contributed by atoms with Crippen molar-refractivity contribution in [3.8, 4) is 23.0 Å². The zero-order valence-electron chi connectivity index (χ0n) is 23.5. The van der Waals surface area contributed by atoms with Crippen molar-refractivity contribution in [2.45, 2.75) is 33.2 Å². The Labute approximate surface area is 246 Å². The lowest BCUT2D eigenvalue weighted by molar-refractivity contribution is -0.132. The van der Waals surface area contributed by atoms with Crippen LogP contribution in [0.25, 0.3) is 16.0 Å². The van der Waals surface area contributed by atoms with Gasteiger partial charge in [-0.15, -0.1) is 0 Å². The number of benzene rings is 3. The highest BCUT2D eigenvalue weighted by Gasteiger charge is 2.48. The average Bonchev–Trinajstić information content (AvgIpc) is 3.53. The fraction of sp³-hybridized carbons (Fsp3) is 0.281. The molecule has 9 nitrogen and oxygen atoms in total. The molecule has 4 aromatic rings. The monoisotopic (exact) mass is 586 g/mol. The molecule has 2 aliphatic heterocycles. The van der Waals surface area contributed by atoms with E-state index in [9.17, 15) is 14.7 Å². The number of fused-ring (bicyclic) bond motifs is 2. The van der Waals surface area contributed by atoms with Crippen LogP contribution >= 0.6 is 11.3 Å². The van der Waals surface area contributed by atoms with Gasteiger partial charge in [-0.2, -0.15) is 0 Å². The van der Waals surface area contributed by atoms with Crippen LogP contribution in [0.15, 0.2) is 60.2 Å². The number of Topliss-reactive ketones (excluding diaryl/α,β-unsaturated/α-hetero) is 1. The van der Waals surface area contributed by atoms with Crippen molar-refractivity contribution >= 4 is 44.1 Å². The molecule has 1 fully saturated rings. The molecule has 1 aromatic heterocycles. The summed E-state index contributed by atoms with van der Waals surface area (Å²) in [5, 5.41) is 12.0. The van der Waals surface area contributed by atoms with Crippen LogP contribution in [0.4, 0.5) is 5.13 Å². The summed E-state index contributed by atoms with van der Waals surface area (Å²) in [5.41, 5.74) is 2.60. The largest absolute Gasteiger partial charge is 0.507 e. The summed E-state index contributed by atoms with van der Waals surface area (Å²) in [6.07, 6.45) is 0.820. The number of aliphatic hydroxyl groups excluding tert-OH is 1. The summed E-state index contributed by atoms with van der Waals surface area (Å²) in [5.74, 6) is 0.123. The molecule has 10 heteroatoms. The second-order valence-corrected chi connectivity index (χ2v) is 11.0. The van der Waals surface area contributed by atoms with E-state index >= 15 is 0 Å². The van der Waals surface area contributed by atoms with Crippen LogP contribution in [0.5, 0.6) is 23.0 Å². The highest BCUT2D eigenvalue weighted by atomic mass is 32.1. The molecule has 1 saturated heterocycles. The Balaban J connectivity index is 1.53. The summed E-state index contributed by atoms with van der Waals surface area (Å²) < 4.78 is 24.0. The summed E-state index contributed by atoms with van der Waals surface area (Å²) in [4.78, 5) is 33.5. The molecule has 0 radical (unpaired) electrons. The van der Waals surface area contributed by atoms with E-state index in [1.165, 1.54) is 16.2 Å². The number of amides is 1. The Morgan fingerprint density at radius 2 is 1.81 bits per heavy atom. The van der Waals surface area contributed by atoms with Crippen LogP contribution in [-0.4, -0.2) is 48.2 Å². The first-order chi connectivity index (χ1) is 20.4. The molecule has 6 rings (SSSR count). The first kappa shape index (κ1) is 27.6. The molecule has 1 amide bonds. The Hall–Kier alpha value is -4.57. The van der Waals surface area contributed by atoms with Crippen LogP contribution < -0.4 is 23.8 Å². The van der Waals surface area contributed by atoms with E-state index in [2.05, 4.69) is 0 Å². The summed E-state index contributed by atoms with van der Waals surface area (Å²) in [7, 11) is 0. The lowest BCUT2D eigenvalue weighted by Gasteiger charge is -2.24. The van der Waals surface area contributed by atoms with Crippen molar-refractivity contribution in [1.82, 2.24) is 4.98 Å². The standard InChI is InChI=1S/C32H30N2O7S/c1-4-12-39-22-10-7-19(16-24(22)38-5-2)28-27(29(35)20-8-11-23-25(17-20)41-14-13-40-23)30(36)31(37)34(28)32-33-21-9-6-18(3)15-26(21)42-32/h6-11,15-17,28,35H,4-5,12-14H2,1-3H3/b29-27+. The number of nitrogens with zero attached hydrogens (tertiary/aromatic N) is 2. The molecule has 1 unspecified atom stereocenters. The number of aliphatic hydroxyl groups is 1. The molecule has 2 aliphatic rings. The summed E-state index contributed by atoms with van der Waals surface area (Å²) in [6, 6.07) is 15.1. The SMILES string of the molecule is CCCOc1ccc(C2/C(=C(\O)c3ccc4c(c3)OCCO4)C(=O)C(=O)N2c2nc3ccc(C)cc3s2)cc1OCC. The molecule has 3 aromatic carbocycles. The van der Waals surface area contributed by atoms with Gasteiger partial charge in [-0.25, -0.2) is 4.98 Å². The zero-order chi connectivity index (χ0) is 29.4. The molecule has 0 saturated carbocycles. The predicted molar refractivity (Wildman–Crippen MR) is 160 cm³/mol. The van der Waals surface area contributed by atoms with Gasteiger partial charge in [0.2, 0.25) is 0 Å². The average molecular weight is 587 g/mol. The van der Waals surface area contributed by atoms with Gasteiger partial charge in [-0.05, 0) is 73.9 Å². The normalized spacial score (nSPS) is 17.6. The van der Waals surface area contributed by atoms with Crippen LogP contribution in [0.1, 0.15) is 43.0 Å². The van der Waals surface area contributed by atoms with Crippen LogP contribution in [0, 0.1) is 6.92 Å². The Kier molecular flexibility index (Phi) is 7.47. The van der Waals surface area contributed by atoms with E-state index in [4.69, 9.17) is 23.9 Å². The molecule has 1 N–H and O–H groups in total. The topological polar surface area (TPSA) is 107 Å². The number of aryl methyl sites for hydroxylation is 1. The Morgan fingerprint density at radius 1 is 1.00 bits per heavy atom. The van der Waals surface area contributed by atoms with E-state index in [1.807, 2.05) is 39.0 Å². The number of carbonyl (C=O) groups excluding carboxylic acids is 2. The van der Waals surface area contributed by atoms with Gasteiger partial charge >= 0.3 is 5.91 Å². The number of hydrogen-bond acceptors (Lipinski definition) is 9. The van der Waals surface area contributed by atoms with Crippen LogP contribution in [-0.2, 0) is 9.59 Å². The molecule has 42 heavy (non-hydrogen) atoms. The Morgan fingerprint density at radius 3 is 2.60 bits per heavy atom. The van der Waals surface area contributed by atoms with E-state index < -0.39 is 17.7 Å². The lowest BCUT2D eigenvalue weighted by Crippen LogP contribution is -2.29. The molecular weight excluding hydrogens is 556 g/mol. The van der Waals surface area contributed by atoms with Gasteiger partial charge in [0.25, 0.3) is 5.78 Å². The maximum absolute atomic E-state index is 13.7. The van der Waals surface area contributed by atoms with Crippen molar-refractivity contribution in [2.24, 2.45) is 0 Å². The summed E-state index contributed by atoms with van der Waals surface area (Å²) in [6.45, 7) is 7.55. The second kappa shape index (κ2) is 11.4. The number of hydrogen-bond donors (Lipinski definition) is 1. The minimum Gasteiger partial charge on any atom is -0.507 e. The van der Waals surface area contributed by atoms with Gasteiger partial charge in [0.15, 0.2) is 28.1 Å². The maximum atomic E-state index is 13.7. The second-order valence-electron chi connectivity index (χ2n) is 9.98. The third-order valence-corrected chi connectivity index (χ3v) is 8.06. The van der Waals surface area contributed by atoms with Crippen molar-refractivity contribution in [2.75, 3.05) is 31.3 Å². The van der Waals surface area contributed by atoms with Gasteiger partial charge in [-0.3, -0.25) is 14.5 Å². The highest BCUT2D eigenvalue weighted by molar-refractivity contribution is 7.22. The maximum Gasteiger partial charge on any atom is 0.301 e. The van der Waals surface area contributed by atoms with Crippen molar-refractivity contribution in [3.63, 3.8) is 0 Å². The van der Waals surface area contributed by atoms with E-state index in [0.29, 0.717) is 71.2 Å². The summed E-state index contributed by atoms with van der Waals surface area (Å²) >= 11 is 1.31. The molecule has 216 valence electrons.